The number of rotatable bonds is 3. The third-order valence-corrected chi connectivity index (χ3v) is 4.32. The van der Waals surface area contributed by atoms with E-state index in [2.05, 4.69) is 0 Å². The number of aliphatic hydroxyl groups excluding tert-OH is 1. The average molecular weight is 330 g/mol. The second-order valence-corrected chi connectivity index (χ2v) is 6.16. The van der Waals surface area contributed by atoms with Crippen molar-refractivity contribution < 1.29 is 23.1 Å². The molecule has 1 N–H and O–H groups in total. The first-order valence-electron chi connectivity index (χ1n) is 7.43. The molecular formula is C16H21F3N2O2. The number of benzene rings is 1. The minimum atomic E-state index is -4.39. The SMILES string of the molecule is C[C@@H](C(=O)N1CC(O)CC1c1ccc(C(F)(F)F)cc1)N(C)C. The Labute approximate surface area is 133 Å². The zero-order chi connectivity index (χ0) is 17.4. The molecule has 1 aliphatic heterocycles. The molecule has 7 heteroatoms. The maximum Gasteiger partial charge on any atom is 0.416 e. The minimum absolute atomic E-state index is 0.142. The summed E-state index contributed by atoms with van der Waals surface area (Å²) in [6, 6.07) is 4.02. The van der Waals surface area contributed by atoms with Gasteiger partial charge in [0.2, 0.25) is 5.91 Å². The zero-order valence-corrected chi connectivity index (χ0v) is 13.3. The molecule has 3 atom stereocenters. The molecule has 0 aliphatic carbocycles. The number of likely N-dealkylation sites (N-methyl/N-ethyl adjacent to an activating group) is 1. The van der Waals surface area contributed by atoms with Gasteiger partial charge in [-0.15, -0.1) is 0 Å². The molecule has 0 saturated carbocycles. The second-order valence-electron chi connectivity index (χ2n) is 6.16. The summed E-state index contributed by atoms with van der Waals surface area (Å²) in [7, 11) is 3.56. The molecule has 1 aliphatic rings. The number of carbonyl (C=O) groups is 1. The van der Waals surface area contributed by atoms with Gasteiger partial charge < -0.3 is 10.0 Å². The lowest BCUT2D eigenvalue weighted by atomic mass is 10.0. The molecular weight excluding hydrogens is 309 g/mol. The van der Waals surface area contributed by atoms with Crippen molar-refractivity contribution in [2.75, 3.05) is 20.6 Å². The Hall–Kier alpha value is -1.60. The van der Waals surface area contributed by atoms with E-state index in [4.69, 9.17) is 0 Å². The summed E-state index contributed by atoms with van der Waals surface area (Å²) in [5.41, 5.74) is -0.117. The Kier molecular flexibility index (Phi) is 5.01. The number of likely N-dealkylation sites (tertiary alicyclic amines) is 1. The number of hydrogen-bond donors (Lipinski definition) is 1. The molecule has 1 amide bonds. The summed E-state index contributed by atoms with van der Waals surface area (Å²) in [4.78, 5) is 15.8. The Bertz CT molecular complexity index is 557. The lowest BCUT2D eigenvalue weighted by molar-refractivity contribution is -0.138. The fraction of sp³-hybridized carbons (Fsp3) is 0.562. The van der Waals surface area contributed by atoms with Crippen molar-refractivity contribution in [3.8, 4) is 0 Å². The van der Waals surface area contributed by atoms with Gasteiger partial charge in [-0.1, -0.05) is 12.1 Å². The predicted octanol–water partition coefficient (Wildman–Crippen LogP) is 2.29. The number of halogens is 3. The van der Waals surface area contributed by atoms with Crippen molar-refractivity contribution in [1.29, 1.82) is 0 Å². The van der Waals surface area contributed by atoms with E-state index < -0.39 is 23.9 Å². The van der Waals surface area contributed by atoms with Crippen LogP contribution in [0.1, 0.15) is 30.5 Å². The monoisotopic (exact) mass is 330 g/mol. The maximum absolute atomic E-state index is 12.6. The molecule has 1 saturated heterocycles. The van der Waals surface area contributed by atoms with Crippen LogP contribution in [0.25, 0.3) is 0 Å². The molecule has 0 spiro atoms. The van der Waals surface area contributed by atoms with Crippen LogP contribution in [0.2, 0.25) is 0 Å². The predicted molar refractivity (Wildman–Crippen MR) is 79.7 cm³/mol. The fourth-order valence-electron chi connectivity index (χ4n) is 2.73. The van der Waals surface area contributed by atoms with Crippen molar-refractivity contribution in [1.82, 2.24) is 9.80 Å². The van der Waals surface area contributed by atoms with E-state index in [1.54, 1.807) is 30.8 Å². The average Bonchev–Trinajstić information content (AvgIpc) is 2.86. The van der Waals surface area contributed by atoms with Crippen LogP contribution in [0.3, 0.4) is 0 Å². The quantitative estimate of drug-likeness (QED) is 0.925. The van der Waals surface area contributed by atoms with Crippen molar-refractivity contribution in [2.24, 2.45) is 0 Å². The Morgan fingerprint density at radius 2 is 1.87 bits per heavy atom. The molecule has 1 aromatic carbocycles. The number of hydrogen-bond acceptors (Lipinski definition) is 3. The van der Waals surface area contributed by atoms with Crippen LogP contribution in [-0.2, 0) is 11.0 Å². The molecule has 4 nitrogen and oxygen atoms in total. The van der Waals surface area contributed by atoms with E-state index in [0.717, 1.165) is 12.1 Å². The standard InChI is InChI=1S/C16H21F3N2O2/c1-10(20(2)3)15(23)21-9-13(22)8-14(21)11-4-6-12(7-5-11)16(17,18)19/h4-7,10,13-14,22H,8-9H2,1-3H3/t10-,13?,14?/m0/s1. The molecule has 1 aromatic rings. The first-order chi connectivity index (χ1) is 10.6. The molecule has 23 heavy (non-hydrogen) atoms. The van der Waals surface area contributed by atoms with Gasteiger partial charge in [-0.05, 0) is 45.1 Å². The van der Waals surface area contributed by atoms with E-state index in [1.807, 2.05) is 0 Å². The van der Waals surface area contributed by atoms with Gasteiger partial charge in [0.15, 0.2) is 0 Å². The van der Waals surface area contributed by atoms with Gasteiger partial charge in [-0.3, -0.25) is 9.69 Å². The molecule has 2 unspecified atom stereocenters. The number of β-amino-alcohol motifs (C(OH)–C–C–N with tert-alkyl or cyclic N) is 1. The largest absolute Gasteiger partial charge is 0.416 e. The minimum Gasteiger partial charge on any atom is -0.391 e. The van der Waals surface area contributed by atoms with E-state index >= 15 is 0 Å². The number of alkyl halides is 3. The summed E-state index contributed by atoms with van der Waals surface area (Å²) < 4.78 is 37.9. The van der Waals surface area contributed by atoms with Gasteiger partial charge in [-0.25, -0.2) is 0 Å². The van der Waals surface area contributed by atoms with E-state index in [9.17, 15) is 23.1 Å². The zero-order valence-electron chi connectivity index (χ0n) is 13.3. The molecule has 0 bridgehead atoms. The molecule has 1 fully saturated rings. The number of amides is 1. The molecule has 0 radical (unpaired) electrons. The summed E-state index contributed by atoms with van der Waals surface area (Å²) in [5.74, 6) is -0.142. The summed E-state index contributed by atoms with van der Waals surface area (Å²) in [5, 5.41) is 9.90. The van der Waals surface area contributed by atoms with Gasteiger partial charge in [0.1, 0.15) is 0 Å². The van der Waals surface area contributed by atoms with Gasteiger partial charge in [-0.2, -0.15) is 13.2 Å². The highest BCUT2D eigenvalue weighted by atomic mass is 19.4. The van der Waals surface area contributed by atoms with Gasteiger partial charge >= 0.3 is 6.18 Å². The first kappa shape index (κ1) is 17.7. The third-order valence-electron chi connectivity index (χ3n) is 4.32. The highest BCUT2D eigenvalue weighted by Crippen LogP contribution is 2.35. The van der Waals surface area contributed by atoms with Crippen LogP contribution >= 0.6 is 0 Å². The molecule has 128 valence electrons. The summed E-state index contributed by atoms with van der Waals surface area (Å²) >= 11 is 0. The van der Waals surface area contributed by atoms with Crippen molar-refractivity contribution in [3.63, 3.8) is 0 Å². The lowest BCUT2D eigenvalue weighted by Gasteiger charge is -2.30. The van der Waals surface area contributed by atoms with Crippen LogP contribution in [0, 0.1) is 0 Å². The van der Waals surface area contributed by atoms with E-state index in [0.29, 0.717) is 12.0 Å². The Morgan fingerprint density at radius 1 is 1.30 bits per heavy atom. The van der Waals surface area contributed by atoms with Crippen LogP contribution < -0.4 is 0 Å². The highest BCUT2D eigenvalue weighted by Gasteiger charge is 2.38. The highest BCUT2D eigenvalue weighted by molar-refractivity contribution is 5.82. The molecule has 0 aromatic heterocycles. The number of nitrogens with zero attached hydrogens (tertiary/aromatic N) is 2. The van der Waals surface area contributed by atoms with Crippen molar-refractivity contribution in [2.45, 2.75) is 37.7 Å². The second kappa shape index (κ2) is 6.49. The van der Waals surface area contributed by atoms with Crippen LogP contribution in [0.4, 0.5) is 13.2 Å². The fourth-order valence-corrected chi connectivity index (χ4v) is 2.73. The van der Waals surface area contributed by atoms with Crippen LogP contribution in [-0.4, -0.2) is 53.6 Å². The van der Waals surface area contributed by atoms with Crippen molar-refractivity contribution in [3.05, 3.63) is 35.4 Å². The Morgan fingerprint density at radius 3 is 2.35 bits per heavy atom. The van der Waals surface area contributed by atoms with Gasteiger partial charge in [0.25, 0.3) is 0 Å². The lowest BCUT2D eigenvalue weighted by Crippen LogP contribution is -2.44. The van der Waals surface area contributed by atoms with Gasteiger partial charge in [0.05, 0.1) is 23.8 Å². The first-order valence-corrected chi connectivity index (χ1v) is 7.43. The summed E-state index contributed by atoms with van der Waals surface area (Å²) in [6.07, 6.45) is -4.72. The van der Waals surface area contributed by atoms with Crippen molar-refractivity contribution >= 4 is 5.91 Å². The number of carbonyl (C=O) groups excluding carboxylic acids is 1. The van der Waals surface area contributed by atoms with Crippen LogP contribution in [0.15, 0.2) is 24.3 Å². The maximum atomic E-state index is 12.6. The molecule has 2 rings (SSSR count). The molecule has 1 heterocycles. The smallest absolute Gasteiger partial charge is 0.391 e. The van der Waals surface area contributed by atoms with Crippen LogP contribution in [0.5, 0.6) is 0 Å². The number of aliphatic hydroxyl groups is 1. The van der Waals surface area contributed by atoms with Gasteiger partial charge in [0, 0.05) is 6.54 Å². The normalized spacial score (nSPS) is 23.4. The summed E-state index contributed by atoms with van der Waals surface area (Å²) in [6.45, 7) is 1.96. The third kappa shape index (κ3) is 3.84. The Balaban J connectivity index is 2.24. The van der Waals surface area contributed by atoms with E-state index in [-0.39, 0.29) is 18.5 Å². The topological polar surface area (TPSA) is 43.8 Å². The van der Waals surface area contributed by atoms with E-state index in [1.165, 1.54) is 12.1 Å².